The smallest absolute Gasteiger partial charge is 0.237 e. The monoisotopic (exact) mass is 286 g/mol. The largest absolute Gasteiger partial charge is 0.383 e. The Balaban J connectivity index is 2.13. The van der Waals surface area contributed by atoms with Crippen molar-refractivity contribution in [2.75, 3.05) is 53.0 Å². The number of carbonyl (C=O) groups is 2. The summed E-state index contributed by atoms with van der Waals surface area (Å²) in [6.07, 6.45) is 0.295. The van der Waals surface area contributed by atoms with Crippen molar-refractivity contribution >= 4 is 11.8 Å². The molecule has 1 atom stereocenters. The van der Waals surface area contributed by atoms with E-state index in [0.29, 0.717) is 26.1 Å². The number of hydrogen-bond donors (Lipinski definition) is 3. The van der Waals surface area contributed by atoms with Gasteiger partial charge in [-0.1, -0.05) is 0 Å². The molecule has 7 nitrogen and oxygen atoms in total. The van der Waals surface area contributed by atoms with Crippen LogP contribution in [0.5, 0.6) is 0 Å². The number of amides is 2. The quantitative estimate of drug-likeness (QED) is 0.476. The number of piperazine rings is 1. The van der Waals surface area contributed by atoms with Gasteiger partial charge in [-0.05, 0) is 6.92 Å². The summed E-state index contributed by atoms with van der Waals surface area (Å²) in [6, 6.07) is -0.145. The molecule has 7 heteroatoms. The molecule has 0 radical (unpaired) electrons. The molecule has 20 heavy (non-hydrogen) atoms. The third-order valence-electron chi connectivity index (χ3n) is 3.36. The zero-order chi connectivity index (χ0) is 14.8. The van der Waals surface area contributed by atoms with Crippen LogP contribution >= 0.6 is 0 Å². The van der Waals surface area contributed by atoms with Crippen LogP contribution in [0, 0.1) is 0 Å². The van der Waals surface area contributed by atoms with E-state index >= 15 is 0 Å². The van der Waals surface area contributed by atoms with Crippen molar-refractivity contribution in [2.24, 2.45) is 0 Å². The van der Waals surface area contributed by atoms with Gasteiger partial charge in [0.05, 0.1) is 12.6 Å². The molecule has 1 aliphatic heterocycles. The summed E-state index contributed by atoms with van der Waals surface area (Å²) in [6.45, 7) is 6.86. The summed E-state index contributed by atoms with van der Waals surface area (Å²) in [7, 11) is 1.59. The maximum absolute atomic E-state index is 12.0. The van der Waals surface area contributed by atoms with Crippen molar-refractivity contribution in [3.05, 3.63) is 0 Å². The highest BCUT2D eigenvalue weighted by molar-refractivity contribution is 5.82. The Bertz CT molecular complexity index is 306. The molecule has 0 aromatic rings. The van der Waals surface area contributed by atoms with Gasteiger partial charge in [-0.3, -0.25) is 14.5 Å². The maximum Gasteiger partial charge on any atom is 0.237 e. The molecule has 1 heterocycles. The minimum absolute atomic E-state index is 0.0170. The Labute approximate surface area is 120 Å². The van der Waals surface area contributed by atoms with Gasteiger partial charge in [0.15, 0.2) is 0 Å². The van der Waals surface area contributed by atoms with Crippen molar-refractivity contribution in [1.82, 2.24) is 20.9 Å². The Hall–Kier alpha value is -1.18. The molecule has 0 spiro atoms. The van der Waals surface area contributed by atoms with E-state index in [1.165, 1.54) is 0 Å². The van der Waals surface area contributed by atoms with Gasteiger partial charge < -0.3 is 20.7 Å². The lowest BCUT2D eigenvalue weighted by Crippen LogP contribution is -2.52. The number of methoxy groups -OCH3 is 1. The van der Waals surface area contributed by atoms with Crippen molar-refractivity contribution in [2.45, 2.75) is 19.4 Å². The van der Waals surface area contributed by atoms with Gasteiger partial charge in [0.25, 0.3) is 0 Å². The topological polar surface area (TPSA) is 82.7 Å². The molecule has 116 valence electrons. The van der Waals surface area contributed by atoms with Crippen LogP contribution in [-0.4, -0.2) is 75.7 Å². The van der Waals surface area contributed by atoms with Crippen LogP contribution in [0.3, 0.4) is 0 Å². The number of nitrogens with one attached hydrogen (secondary N) is 3. The number of ether oxygens (including phenoxy) is 1. The molecule has 2 amide bonds. The van der Waals surface area contributed by atoms with Crippen molar-refractivity contribution in [1.29, 1.82) is 0 Å². The van der Waals surface area contributed by atoms with Gasteiger partial charge in [0, 0.05) is 52.8 Å². The number of nitrogens with zero attached hydrogens (tertiary/aromatic N) is 1. The highest BCUT2D eigenvalue weighted by Gasteiger charge is 2.22. The van der Waals surface area contributed by atoms with Crippen LogP contribution in [0.4, 0.5) is 0 Å². The number of carbonyl (C=O) groups excluding carboxylic acids is 2. The van der Waals surface area contributed by atoms with E-state index in [0.717, 1.165) is 26.2 Å². The molecule has 0 aromatic heterocycles. The number of hydrogen-bond acceptors (Lipinski definition) is 5. The van der Waals surface area contributed by atoms with E-state index in [2.05, 4.69) is 20.9 Å². The van der Waals surface area contributed by atoms with E-state index in [1.807, 2.05) is 6.92 Å². The maximum atomic E-state index is 12.0. The van der Waals surface area contributed by atoms with Gasteiger partial charge in [-0.15, -0.1) is 0 Å². The summed E-state index contributed by atoms with van der Waals surface area (Å²) in [5.41, 5.74) is 0. The van der Waals surface area contributed by atoms with E-state index in [9.17, 15) is 9.59 Å². The fourth-order valence-electron chi connectivity index (χ4n) is 2.06. The van der Waals surface area contributed by atoms with Crippen LogP contribution < -0.4 is 16.0 Å². The molecular weight excluding hydrogens is 260 g/mol. The highest BCUT2D eigenvalue weighted by atomic mass is 16.5. The Morgan fingerprint density at radius 2 is 1.95 bits per heavy atom. The van der Waals surface area contributed by atoms with Gasteiger partial charge in [0.1, 0.15) is 0 Å². The van der Waals surface area contributed by atoms with Gasteiger partial charge >= 0.3 is 0 Å². The second kappa shape index (κ2) is 9.68. The lowest BCUT2D eigenvalue weighted by molar-refractivity contribution is -0.126. The van der Waals surface area contributed by atoms with Crippen LogP contribution in [0.2, 0.25) is 0 Å². The molecule has 0 aliphatic carbocycles. The summed E-state index contributed by atoms with van der Waals surface area (Å²) in [4.78, 5) is 25.5. The second-order valence-electron chi connectivity index (χ2n) is 4.85. The lowest BCUT2D eigenvalue weighted by Gasteiger charge is -2.31. The van der Waals surface area contributed by atoms with Crippen molar-refractivity contribution < 1.29 is 14.3 Å². The molecule has 0 saturated carbocycles. The first-order valence-corrected chi connectivity index (χ1v) is 7.13. The lowest BCUT2D eigenvalue weighted by atomic mass is 10.2. The average Bonchev–Trinajstić information content (AvgIpc) is 2.47. The standard InChI is InChI=1S/C13H26N4O3/c1-11(17-8-5-14-6-9-17)13(19)16-4-3-12(18)15-7-10-20-2/h11,14H,3-10H2,1-2H3,(H,15,18)(H,16,19). The first-order chi connectivity index (χ1) is 9.65. The first kappa shape index (κ1) is 16.9. The fraction of sp³-hybridized carbons (Fsp3) is 0.846. The van der Waals surface area contributed by atoms with Crippen LogP contribution in [-0.2, 0) is 14.3 Å². The molecule has 1 fully saturated rings. The molecule has 0 bridgehead atoms. The van der Waals surface area contributed by atoms with Gasteiger partial charge in [-0.2, -0.15) is 0 Å². The normalized spacial score (nSPS) is 17.5. The van der Waals surface area contributed by atoms with Gasteiger partial charge in [-0.25, -0.2) is 0 Å². The average molecular weight is 286 g/mol. The zero-order valence-electron chi connectivity index (χ0n) is 12.4. The summed E-state index contributed by atoms with van der Waals surface area (Å²) in [5.74, 6) is -0.0891. The minimum Gasteiger partial charge on any atom is -0.383 e. The van der Waals surface area contributed by atoms with Crippen LogP contribution in [0.25, 0.3) is 0 Å². The second-order valence-corrected chi connectivity index (χ2v) is 4.85. The van der Waals surface area contributed by atoms with Crippen LogP contribution in [0.15, 0.2) is 0 Å². The Morgan fingerprint density at radius 3 is 2.60 bits per heavy atom. The van der Waals surface area contributed by atoms with Crippen molar-refractivity contribution in [3.8, 4) is 0 Å². The Morgan fingerprint density at radius 1 is 1.25 bits per heavy atom. The van der Waals surface area contributed by atoms with Crippen molar-refractivity contribution in [3.63, 3.8) is 0 Å². The highest BCUT2D eigenvalue weighted by Crippen LogP contribution is 2.00. The molecule has 1 saturated heterocycles. The molecule has 1 rings (SSSR count). The van der Waals surface area contributed by atoms with E-state index in [-0.39, 0.29) is 17.9 Å². The summed E-state index contributed by atoms with van der Waals surface area (Å²) >= 11 is 0. The third kappa shape index (κ3) is 6.31. The molecule has 3 N–H and O–H groups in total. The van der Waals surface area contributed by atoms with E-state index in [4.69, 9.17) is 4.74 Å². The van der Waals surface area contributed by atoms with Gasteiger partial charge in [0.2, 0.25) is 11.8 Å². The molecular formula is C13H26N4O3. The predicted octanol–water partition coefficient (Wildman–Crippen LogP) is -1.45. The molecule has 0 aromatic carbocycles. The van der Waals surface area contributed by atoms with E-state index < -0.39 is 0 Å². The Kier molecular flexibility index (Phi) is 8.17. The third-order valence-corrected chi connectivity index (χ3v) is 3.36. The number of rotatable bonds is 8. The van der Waals surface area contributed by atoms with Crippen LogP contribution in [0.1, 0.15) is 13.3 Å². The zero-order valence-corrected chi connectivity index (χ0v) is 12.4. The first-order valence-electron chi connectivity index (χ1n) is 7.13. The fourth-order valence-corrected chi connectivity index (χ4v) is 2.06. The summed E-state index contributed by atoms with van der Waals surface area (Å²) < 4.78 is 4.84. The summed E-state index contributed by atoms with van der Waals surface area (Å²) in [5, 5.41) is 8.78. The molecule has 1 aliphatic rings. The minimum atomic E-state index is -0.145. The van der Waals surface area contributed by atoms with E-state index in [1.54, 1.807) is 7.11 Å². The molecule has 1 unspecified atom stereocenters. The predicted molar refractivity (Wildman–Crippen MR) is 76.4 cm³/mol. The SMILES string of the molecule is COCCNC(=O)CCNC(=O)C(C)N1CCNCC1.